The topological polar surface area (TPSA) is 78.5 Å². The maximum Gasteiger partial charge on any atom is 0.245 e. The summed E-state index contributed by atoms with van der Waals surface area (Å²) < 4.78 is 28.0. The van der Waals surface area contributed by atoms with Gasteiger partial charge in [0.15, 0.2) is 0 Å². The highest BCUT2D eigenvalue weighted by atomic mass is 35.5. The molecule has 156 valence electrons. The number of sulfonamides is 1. The number of hydrogen-bond acceptors (Lipinski definition) is 5. The Bertz CT molecular complexity index is 962. The van der Waals surface area contributed by atoms with Gasteiger partial charge in [-0.25, -0.2) is 8.42 Å². The van der Waals surface area contributed by atoms with Crippen LogP contribution in [0.15, 0.2) is 40.1 Å². The van der Waals surface area contributed by atoms with Gasteiger partial charge in [0.05, 0.1) is 4.36 Å². The number of anilines is 1. The molecule has 3 aliphatic heterocycles. The Morgan fingerprint density at radius 1 is 1.31 bits per heavy atom. The zero-order valence-corrected chi connectivity index (χ0v) is 18.3. The molecule has 3 aliphatic rings. The summed E-state index contributed by atoms with van der Waals surface area (Å²) in [6.07, 6.45) is 6.71. The molecular formula is C20H24ClN3O3S2. The molecule has 1 fully saturated rings. The summed E-state index contributed by atoms with van der Waals surface area (Å²) in [6, 6.07) is 5.36. The fourth-order valence-electron chi connectivity index (χ4n) is 3.85. The summed E-state index contributed by atoms with van der Waals surface area (Å²) in [5, 5.41) is 4.56. The van der Waals surface area contributed by atoms with Crippen LogP contribution in [0, 0.1) is 0 Å². The lowest BCUT2D eigenvalue weighted by Crippen LogP contribution is -2.40. The van der Waals surface area contributed by atoms with Crippen LogP contribution in [0.3, 0.4) is 0 Å². The number of benzene rings is 1. The van der Waals surface area contributed by atoms with Crippen molar-refractivity contribution in [2.45, 2.75) is 43.5 Å². The van der Waals surface area contributed by atoms with Crippen LogP contribution < -0.4 is 14.9 Å². The van der Waals surface area contributed by atoms with E-state index in [1.165, 1.54) is 22.9 Å². The molecule has 1 saturated heterocycles. The molecule has 3 heterocycles. The molecule has 0 aromatic heterocycles. The van der Waals surface area contributed by atoms with Gasteiger partial charge in [-0.1, -0.05) is 29.8 Å². The van der Waals surface area contributed by atoms with E-state index in [-0.39, 0.29) is 11.2 Å². The molecule has 9 heteroatoms. The van der Waals surface area contributed by atoms with Gasteiger partial charge in [0.1, 0.15) is 6.04 Å². The van der Waals surface area contributed by atoms with Gasteiger partial charge in [0.2, 0.25) is 15.9 Å². The van der Waals surface area contributed by atoms with Crippen LogP contribution in [0.25, 0.3) is 0 Å². The van der Waals surface area contributed by atoms with E-state index in [2.05, 4.69) is 22.2 Å². The number of allylic oxidation sites excluding steroid dienone is 1. The summed E-state index contributed by atoms with van der Waals surface area (Å²) in [4.78, 5) is 14.5. The third-order valence-electron chi connectivity index (χ3n) is 5.38. The van der Waals surface area contributed by atoms with Crippen LogP contribution in [0.2, 0.25) is 0 Å². The van der Waals surface area contributed by atoms with Gasteiger partial charge in [0.25, 0.3) is 0 Å². The number of hydrogen-bond donors (Lipinski definition) is 2. The summed E-state index contributed by atoms with van der Waals surface area (Å²) >= 11 is 7.34. The minimum atomic E-state index is -3.69. The van der Waals surface area contributed by atoms with E-state index in [0.29, 0.717) is 23.8 Å². The van der Waals surface area contributed by atoms with Crippen molar-refractivity contribution in [2.24, 2.45) is 0 Å². The molecule has 6 nitrogen and oxygen atoms in total. The van der Waals surface area contributed by atoms with Crippen molar-refractivity contribution in [1.82, 2.24) is 10.0 Å². The Kier molecular flexibility index (Phi) is 6.36. The highest BCUT2D eigenvalue weighted by molar-refractivity contribution is 8.05. The first-order chi connectivity index (χ1) is 13.9. The third-order valence-corrected chi connectivity index (χ3v) is 7.97. The van der Waals surface area contributed by atoms with Crippen molar-refractivity contribution in [2.75, 3.05) is 18.0 Å². The number of rotatable bonds is 5. The van der Waals surface area contributed by atoms with Gasteiger partial charge in [-0.2, -0.15) is 4.72 Å². The average molecular weight is 454 g/mol. The second-order valence-corrected chi connectivity index (χ2v) is 11.0. The number of fused-ring (bicyclic) bond motifs is 1. The summed E-state index contributed by atoms with van der Waals surface area (Å²) in [5.41, 5.74) is 3.37. The van der Waals surface area contributed by atoms with E-state index < -0.39 is 16.1 Å². The molecule has 0 saturated carbocycles. The number of halogens is 1. The monoisotopic (exact) mass is 453 g/mol. The molecule has 0 bridgehead atoms. The Morgan fingerprint density at radius 3 is 2.97 bits per heavy atom. The highest BCUT2D eigenvalue weighted by Gasteiger charge is 2.35. The number of carbonyl (C=O) groups is 1. The van der Waals surface area contributed by atoms with Crippen LogP contribution in [-0.2, 0) is 27.8 Å². The maximum atomic E-state index is 12.9. The van der Waals surface area contributed by atoms with Crippen LogP contribution in [0.1, 0.15) is 30.4 Å². The Balaban J connectivity index is 1.41. The normalized spacial score (nSPS) is 25.3. The fourth-order valence-corrected chi connectivity index (χ4v) is 6.31. The molecule has 1 amide bonds. The van der Waals surface area contributed by atoms with Crippen LogP contribution in [0.5, 0.6) is 0 Å². The molecule has 29 heavy (non-hydrogen) atoms. The van der Waals surface area contributed by atoms with E-state index in [1.54, 1.807) is 11.0 Å². The van der Waals surface area contributed by atoms with Crippen molar-refractivity contribution >= 4 is 45.0 Å². The average Bonchev–Trinajstić information content (AvgIpc) is 3.17. The highest BCUT2D eigenvalue weighted by Crippen LogP contribution is 2.35. The SMILES string of the molecule is O=C1[C@@H](NS(=O)(=O)/C=C/C2CC=C(Cl)S2)CCN1c1ccc2c(c1)CCCNC2. The quantitative estimate of drug-likeness (QED) is 0.716. The smallest absolute Gasteiger partial charge is 0.245 e. The van der Waals surface area contributed by atoms with Gasteiger partial charge in [-0.3, -0.25) is 4.79 Å². The predicted octanol–water partition coefficient (Wildman–Crippen LogP) is 2.85. The van der Waals surface area contributed by atoms with Crippen molar-refractivity contribution in [3.05, 3.63) is 51.3 Å². The lowest BCUT2D eigenvalue weighted by molar-refractivity contribution is -0.118. The molecule has 2 atom stereocenters. The van der Waals surface area contributed by atoms with E-state index in [4.69, 9.17) is 11.6 Å². The minimum absolute atomic E-state index is 0.0175. The van der Waals surface area contributed by atoms with E-state index in [9.17, 15) is 13.2 Å². The second kappa shape index (κ2) is 8.81. The van der Waals surface area contributed by atoms with Gasteiger partial charge in [0, 0.05) is 29.4 Å². The van der Waals surface area contributed by atoms with Gasteiger partial charge >= 0.3 is 0 Å². The number of nitrogens with one attached hydrogen (secondary N) is 2. The van der Waals surface area contributed by atoms with Crippen molar-refractivity contribution in [3.8, 4) is 0 Å². The molecule has 0 aliphatic carbocycles. The predicted molar refractivity (Wildman–Crippen MR) is 118 cm³/mol. The lowest BCUT2D eigenvalue weighted by atomic mass is 10.0. The van der Waals surface area contributed by atoms with Gasteiger partial charge in [-0.05, 0) is 55.5 Å². The zero-order chi connectivity index (χ0) is 20.4. The Morgan fingerprint density at radius 2 is 2.17 bits per heavy atom. The number of aryl methyl sites for hydroxylation is 1. The van der Waals surface area contributed by atoms with Crippen LogP contribution in [0.4, 0.5) is 5.69 Å². The van der Waals surface area contributed by atoms with Gasteiger partial charge < -0.3 is 10.2 Å². The second-order valence-electron chi connectivity index (χ2n) is 7.46. The van der Waals surface area contributed by atoms with E-state index in [0.717, 1.165) is 37.0 Å². The first-order valence-electron chi connectivity index (χ1n) is 9.78. The first kappa shape index (κ1) is 20.9. The standard InChI is InChI=1S/C20H24ClN3O3S2/c21-19-6-5-17(28-19)8-11-29(26,27)23-18-7-10-24(20(18)25)16-4-3-15-13-22-9-1-2-14(15)12-16/h3-4,6,8,11-12,17-18,22-23H,1-2,5,7,9-10,13H2/b11-8+/t17?,18-/m0/s1. The Hall–Kier alpha value is -1.32. The molecule has 1 aromatic carbocycles. The Labute approximate surface area is 180 Å². The van der Waals surface area contributed by atoms with Crippen LogP contribution >= 0.6 is 23.4 Å². The van der Waals surface area contributed by atoms with Crippen molar-refractivity contribution in [1.29, 1.82) is 0 Å². The summed E-state index contributed by atoms with van der Waals surface area (Å²) in [5.74, 6) is -0.200. The molecule has 4 rings (SSSR count). The number of carbonyl (C=O) groups excluding carboxylic acids is 1. The van der Waals surface area contributed by atoms with Gasteiger partial charge in [-0.15, -0.1) is 11.8 Å². The molecule has 0 radical (unpaired) electrons. The number of amides is 1. The summed E-state index contributed by atoms with van der Waals surface area (Å²) in [7, 11) is -3.69. The van der Waals surface area contributed by atoms with E-state index in [1.807, 2.05) is 12.1 Å². The maximum absolute atomic E-state index is 12.9. The summed E-state index contributed by atoms with van der Waals surface area (Å²) in [6.45, 7) is 2.34. The molecular weight excluding hydrogens is 430 g/mol. The fraction of sp³-hybridized carbons (Fsp3) is 0.450. The molecule has 0 spiro atoms. The zero-order valence-electron chi connectivity index (χ0n) is 15.9. The number of nitrogens with zero attached hydrogens (tertiary/aromatic N) is 1. The first-order valence-corrected chi connectivity index (χ1v) is 12.6. The van der Waals surface area contributed by atoms with Crippen molar-refractivity contribution < 1.29 is 13.2 Å². The molecule has 2 N–H and O–H groups in total. The largest absolute Gasteiger partial charge is 0.313 e. The number of thioether (sulfide) groups is 1. The molecule has 1 aromatic rings. The van der Waals surface area contributed by atoms with Crippen molar-refractivity contribution in [3.63, 3.8) is 0 Å². The third kappa shape index (κ3) is 5.06. The van der Waals surface area contributed by atoms with E-state index >= 15 is 0 Å². The van der Waals surface area contributed by atoms with Crippen LogP contribution in [-0.4, -0.2) is 38.7 Å². The minimum Gasteiger partial charge on any atom is -0.313 e. The lowest BCUT2D eigenvalue weighted by Gasteiger charge is -2.19. The molecule has 1 unspecified atom stereocenters.